The number of amides is 2. The average molecular weight is 265 g/mol. The number of nitrogens with zero attached hydrogens (tertiary/aromatic N) is 3. The molecule has 1 fully saturated rings. The molecule has 0 aromatic heterocycles. The highest BCUT2D eigenvalue weighted by Gasteiger charge is 2.36. The van der Waals surface area contributed by atoms with Crippen LogP contribution in [-0.2, 0) is 9.59 Å². The van der Waals surface area contributed by atoms with Gasteiger partial charge in [0.1, 0.15) is 12.6 Å². The molecule has 0 N–H and O–H groups in total. The van der Waals surface area contributed by atoms with Gasteiger partial charge in [-0.25, -0.2) is 0 Å². The summed E-state index contributed by atoms with van der Waals surface area (Å²) < 4.78 is 0. The van der Waals surface area contributed by atoms with Crippen molar-refractivity contribution in [1.29, 1.82) is 5.26 Å². The molecule has 1 aliphatic heterocycles. The molecule has 19 heavy (non-hydrogen) atoms. The zero-order chi connectivity index (χ0) is 14.4. The maximum atomic E-state index is 12.6. The topological polar surface area (TPSA) is 64.4 Å². The first kappa shape index (κ1) is 15.5. The monoisotopic (exact) mass is 265 g/mol. The fraction of sp³-hybridized carbons (Fsp3) is 0.786. The van der Waals surface area contributed by atoms with Crippen molar-refractivity contribution >= 4 is 11.8 Å². The Morgan fingerprint density at radius 2 is 2.21 bits per heavy atom. The van der Waals surface area contributed by atoms with E-state index in [9.17, 15) is 9.59 Å². The molecule has 1 aliphatic rings. The molecule has 1 heterocycles. The lowest BCUT2D eigenvalue weighted by molar-refractivity contribution is -0.145. The highest BCUT2D eigenvalue weighted by Crippen LogP contribution is 2.21. The molecule has 0 saturated carbocycles. The van der Waals surface area contributed by atoms with E-state index in [1.54, 1.807) is 9.80 Å². The Balaban J connectivity index is 2.88. The Hall–Kier alpha value is -1.57. The van der Waals surface area contributed by atoms with Crippen LogP contribution >= 0.6 is 0 Å². The summed E-state index contributed by atoms with van der Waals surface area (Å²) in [6.45, 7) is 7.19. The van der Waals surface area contributed by atoms with Crippen LogP contribution < -0.4 is 0 Å². The normalized spacial score (nSPS) is 16.6. The van der Waals surface area contributed by atoms with E-state index in [1.807, 2.05) is 26.8 Å². The number of carbonyl (C=O) groups is 2. The Morgan fingerprint density at radius 3 is 2.63 bits per heavy atom. The summed E-state index contributed by atoms with van der Waals surface area (Å²) in [5.74, 6) is 0.0294. The van der Waals surface area contributed by atoms with E-state index in [0.29, 0.717) is 19.5 Å². The summed E-state index contributed by atoms with van der Waals surface area (Å²) in [6.07, 6.45) is 2.16. The minimum Gasteiger partial charge on any atom is -0.330 e. The third-order valence-corrected chi connectivity index (χ3v) is 3.40. The van der Waals surface area contributed by atoms with Gasteiger partial charge in [-0.1, -0.05) is 20.8 Å². The van der Waals surface area contributed by atoms with E-state index in [4.69, 9.17) is 5.26 Å². The lowest BCUT2D eigenvalue weighted by atomic mass is 10.0. The highest BCUT2D eigenvalue weighted by atomic mass is 16.2. The van der Waals surface area contributed by atoms with E-state index in [1.165, 1.54) is 0 Å². The van der Waals surface area contributed by atoms with E-state index in [0.717, 1.165) is 12.8 Å². The molecular weight excluding hydrogens is 242 g/mol. The van der Waals surface area contributed by atoms with Gasteiger partial charge in [0.05, 0.1) is 6.07 Å². The second-order valence-electron chi connectivity index (χ2n) is 5.30. The van der Waals surface area contributed by atoms with Gasteiger partial charge in [0, 0.05) is 19.5 Å². The van der Waals surface area contributed by atoms with Gasteiger partial charge in [-0.3, -0.25) is 9.59 Å². The van der Waals surface area contributed by atoms with Crippen LogP contribution in [0.2, 0.25) is 0 Å². The second-order valence-corrected chi connectivity index (χ2v) is 5.30. The maximum absolute atomic E-state index is 12.6. The van der Waals surface area contributed by atoms with Crippen molar-refractivity contribution in [2.24, 2.45) is 5.92 Å². The Kier molecular flexibility index (Phi) is 5.81. The van der Waals surface area contributed by atoms with Crippen LogP contribution in [0.5, 0.6) is 0 Å². The van der Waals surface area contributed by atoms with E-state index < -0.39 is 6.04 Å². The first-order valence-electron chi connectivity index (χ1n) is 6.98. The third-order valence-electron chi connectivity index (χ3n) is 3.40. The molecule has 106 valence electrons. The summed E-state index contributed by atoms with van der Waals surface area (Å²) in [6, 6.07) is 1.61. The third kappa shape index (κ3) is 3.69. The van der Waals surface area contributed by atoms with Crippen LogP contribution in [0.15, 0.2) is 0 Å². The molecule has 1 atom stereocenters. The Labute approximate surface area is 115 Å². The van der Waals surface area contributed by atoms with Crippen molar-refractivity contribution in [2.75, 3.05) is 19.6 Å². The van der Waals surface area contributed by atoms with Crippen LogP contribution in [0.3, 0.4) is 0 Å². The van der Waals surface area contributed by atoms with E-state index in [2.05, 4.69) is 0 Å². The van der Waals surface area contributed by atoms with Crippen LogP contribution in [0.25, 0.3) is 0 Å². The molecule has 0 spiro atoms. The molecule has 0 radical (unpaired) electrons. The van der Waals surface area contributed by atoms with Gasteiger partial charge in [0.2, 0.25) is 11.8 Å². The molecule has 1 rings (SSSR count). The summed E-state index contributed by atoms with van der Waals surface area (Å²) in [5.41, 5.74) is 0. The summed E-state index contributed by atoms with van der Waals surface area (Å²) >= 11 is 0. The summed E-state index contributed by atoms with van der Waals surface area (Å²) in [5, 5.41) is 8.83. The Bertz CT molecular complexity index is 373. The molecule has 5 heteroatoms. The number of likely N-dealkylation sites (tertiary alicyclic amines) is 1. The van der Waals surface area contributed by atoms with Gasteiger partial charge in [-0.05, 0) is 18.8 Å². The van der Waals surface area contributed by atoms with Crippen molar-refractivity contribution in [3.8, 4) is 6.07 Å². The van der Waals surface area contributed by atoms with E-state index in [-0.39, 0.29) is 24.3 Å². The van der Waals surface area contributed by atoms with Crippen molar-refractivity contribution < 1.29 is 9.59 Å². The first-order chi connectivity index (χ1) is 9.02. The SMILES string of the molecule is CCCN(CC#N)C(=O)[C@@H](C(C)C)N1CCCC1=O. The van der Waals surface area contributed by atoms with Crippen LogP contribution in [0.1, 0.15) is 40.0 Å². The standard InChI is InChI=1S/C14H23N3O2/c1-4-8-16(10-7-15)14(19)13(11(2)3)17-9-5-6-12(17)18/h11,13H,4-6,8-10H2,1-3H3/t13-/m1/s1. The molecule has 0 aromatic carbocycles. The predicted octanol–water partition coefficient (Wildman–Crippen LogP) is 1.40. The quantitative estimate of drug-likeness (QED) is 0.682. The average Bonchev–Trinajstić information content (AvgIpc) is 2.75. The van der Waals surface area contributed by atoms with Crippen molar-refractivity contribution in [1.82, 2.24) is 9.80 Å². The van der Waals surface area contributed by atoms with Crippen LogP contribution in [-0.4, -0.2) is 47.3 Å². The van der Waals surface area contributed by atoms with Gasteiger partial charge in [0.25, 0.3) is 0 Å². The molecule has 0 aromatic rings. The van der Waals surface area contributed by atoms with Crippen LogP contribution in [0.4, 0.5) is 0 Å². The second kappa shape index (κ2) is 7.13. The first-order valence-corrected chi connectivity index (χ1v) is 6.98. The molecule has 0 bridgehead atoms. The van der Waals surface area contributed by atoms with Crippen molar-refractivity contribution in [3.63, 3.8) is 0 Å². The molecular formula is C14H23N3O2. The minimum atomic E-state index is -0.421. The summed E-state index contributed by atoms with van der Waals surface area (Å²) in [7, 11) is 0. The molecule has 5 nitrogen and oxygen atoms in total. The molecule has 2 amide bonds. The van der Waals surface area contributed by atoms with Crippen LogP contribution in [0, 0.1) is 17.2 Å². The molecule has 0 aliphatic carbocycles. The summed E-state index contributed by atoms with van der Waals surface area (Å²) in [4.78, 5) is 27.7. The number of hydrogen-bond donors (Lipinski definition) is 0. The lowest BCUT2D eigenvalue weighted by Crippen LogP contribution is -2.52. The van der Waals surface area contributed by atoms with Gasteiger partial charge >= 0.3 is 0 Å². The lowest BCUT2D eigenvalue weighted by Gasteiger charge is -2.33. The van der Waals surface area contributed by atoms with Gasteiger partial charge < -0.3 is 9.80 Å². The number of nitriles is 1. The predicted molar refractivity (Wildman–Crippen MR) is 72.1 cm³/mol. The minimum absolute atomic E-state index is 0.0560. The maximum Gasteiger partial charge on any atom is 0.246 e. The zero-order valence-electron chi connectivity index (χ0n) is 12.1. The van der Waals surface area contributed by atoms with E-state index >= 15 is 0 Å². The van der Waals surface area contributed by atoms with Gasteiger partial charge in [-0.2, -0.15) is 5.26 Å². The largest absolute Gasteiger partial charge is 0.330 e. The zero-order valence-corrected chi connectivity index (χ0v) is 12.1. The number of carbonyl (C=O) groups excluding carboxylic acids is 2. The van der Waals surface area contributed by atoms with Crippen molar-refractivity contribution in [3.05, 3.63) is 0 Å². The molecule has 1 saturated heterocycles. The molecule has 0 unspecified atom stereocenters. The van der Waals surface area contributed by atoms with Crippen molar-refractivity contribution in [2.45, 2.75) is 46.1 Å². The smallest absolute Gasteiger partial charge is 0.246 e. The van der Waals surface area contributed by atoms with Gasteiger partial charge in [0.15, 0.2) is 0 Å². The van der Waals surface area contributed by atoms with Gasteiger partial charge in [-0.15, -0.1) is 0 Å². The highest BCUT2D eigenvalue weighted by molar-refractivity contribution is 5.89. The number of hydrogen-bond acceptors (Lipinski definition) is 3. The fourth-order valence-corrected chi connectivity index (χ4v) is 2.55. The Morgan fingerprint density at radius 1 is 1.53 bits per heavy atom. The fourth-order valence-electron chi connectivity index (χ4n) is 2.55. The number of rotatable bonds is 6.